The van der Waals surface area contributed by atoms with Crippen LogP contribution in [0.25, 0.3) is 0 Å². The molecule has 0 fully saturated rings. The minimum atomic E-state index is -0.436. The molecule has 0 aliphatic carbocycles. The summed E-state index contributed by atoms with van der Waals surface area (Å²) in [5, 5.41) is 8.01. The summed E-state index contributed by atoms with van der Waals surface area (Å²) in [7, 11) is 1.50. The molecule has 27 heavy (non-hydrogen) atoms. The van der Waals surface area contributed by atoms with Gasteiger partial charge in [-0.05, 0) is 41.3 Å². The molecule has 136 valence electrons. The third-order valence-corrected chi connectivity index (χ3v) is 5.04. The number of hydrogen-bond acceptors (Lipinski definition) is 6. The molecule has 0 radical (unpaired) electrons. The smallest absolute Gasteiger partial charge is 0.353 e. The van der Waals surface area contributed by atoms with Gasteiger partial charge < -0.3 is 20.1 Å². The fourth-order valence-corrected chi connectivity index (χ4v) is 3.47. The maximum Gasteiger partial charge on any atom is 0.353 e. The Hall–Kier alpha value is -3.32. The van der Waals surface area contributed by atoms with Crippen LogP contribution in [-0.4, -0.2) is 19.0 Å². The Morgan fingerprint density at radius 3 is 2.67 bits per heavy atom. The molecule has 0 bridgehead atoms. The summed E-state index contributed by atoms with van der Waals surface area (Å²) in [6, 6.07) is 16.0. The Morgan fingerprint density at radius 2 is 1.89 bits per heavy atom. The molecule has 3 aromatic rings. The molecule has 0 saturated carbocycles. The van der Waals surface area contributed by atoms with Crippen molar-refractivity contribution in [3.63, 3.8) is 0 Å². The number of carbonyl (C=O) groups is 2. The van der Waals surface area contributed by atoms with Crippen LogP contribution in [0.4, 0.5) is 5.69 Å². The highest BCUT2D eigenvalue weighted by molar-refractivity contribution is 7.12. The van der Waals surface area contributed by atoms with Crippen molar-refractivity contribution in [2.45, 2.75) is 6.17 Å². The zero-order valence-corrected chi connectivity index (χ0v) is 15.2. The molecule has 2 heterocycles. The van der Waals surface area contributed by atoms with E-state index in [0.717, 1.165) is 11.3 Å². The van der Waals surface area contributed by atoms with Crippen LogP contribution in [-0.2, 0) is 0 Å². The molecule has 0 spiro atoms. The number of carbonyl (C=O) groups excluding carboxylic acids is 2. The number of hydrogen-bond donors (Lipinski definition) is 2. The fraction of sp³-hybridized carbons (Fsp3) is 0.100. The highest BCUT2D eigenvalue weighted by Gasteiger charge is 2.25. The normalized spacial score (nSPS) is 15.3. The maximum atomic E-state index is 12.3. The van der Waals surface area contributed by atoms with E-state index in [4.69, 9.17) is 9.47 Å². The monoisotopic (exact) mass is 380 g/mol. The molecule has 0 unspecified atom stereocenters. The van der Waals surface area contributed by atoms with Gasteiger partial charge in [-0.15, -0.1) is 11.3 Å². The van der Waals surface area contributed by atoms with Crippen LogP contribution >= 0.6 is 11.3 Å². The molecular weight excluding hydrogens is 364 g/mol. The zero-order valence-electron chi connectivity index (χ0n) is 14.4. The van der Waals surface area contributed by atoms with E-state index in [2.05, 4.69) is 10.6 Å². The largest absolute Gasteiger partial charge is 0.493 e. The third kappa shape index (κ3) is 3.37. The first kappa shape index (κ1) is 17.1. The van der Waals surface area contributed by atoms with Gasteiger partial charge in [0.1, 0.15) is 11.0 Å². The first-order valence-corrected chi connectivity index (χ1v) is 9.14. The van der Waals surface area contributed by atoms with Gasteiger partial charge >= 0.3 is 5.97 Å². The Morgan fingerprint density at radius 1 is 1.04 bits per heavy atom. The topological polar surface area (TPSA) is 76.7 Å². The van der Waals surface area contributed by atoms with E-state index in [1.807, 2.05) is 23.6 Å². The molecule has 0 saturated heterocycles. The highest BCUT2D eigenvalue weighted by Crippen LogP contribution is 2.33. The zero-order chi connectivity index (χ0) is 18.8. The van der Waals surface area contributed by atoms with Gasteiger partial charge in [0.05, 0.1) is 12.7 Å². The van der Waals surface area contributed by atoms with E-state index in [1.54, 1.807) is 36.4 Å². The second-order valence-electron chi connectivity index (χ2n) is 5.87. The van der Waals surface area contributed by atoms with Gasteiger partial charge in [-0.2, -0.15) is 0 Å². The number of rotatable bonds is 4. The van der Waals surface area contributed by atoms with Crippen LogP contribution < -0.4 is 20.1 Å². The molecule has 6 nitrogen and oxygen atoms in total. The van der Waals surface area contributed by atoms with Crippen molar-refractivity contribution in [1.82, 2.24) is 5.32 Å². The molecule has 2 aromatic carbocycles. The lowest BCUT2D eigenvalue weighted by Crippen LogP contribution is -2.38. The molecular formula is C20H16N2O4S. The first-order chi connectivity index (χ1) is 13.2. The molecule has 1 aliphatic rings. The van der Waals surface area contributed by atoms with Crippen LogP contribution in [0.5, 0.6) is 11.5 Å². The van der Waals surface area contributed by atoms with E-state index < -0.39 is 12.1 Å². The first-order valence-electron chi connectivity index (χ1n) is 8.26. The number of nitrogens with one attached hydrogen (secondary N) is 2. The van der Waals surface area contributed by atoms with Crippen LogP contribution in [0.15, 0.2) is 60.0 Å². The summed E-state index contributed by atoms with van der Waals surface area (Å²) in [6.45, 7) is 0. The van der Waals surface area contributed by atoms with Gasteiger partial charge in [-0.1, -0.05) is 24.3 Å². The Labute approximate surface area is 159 Å². The average Bonchev–Trinajstić information content (AvgIpc) is 3.23. The summed E-state index contributed by atoms with van der Waals surface area (Å²) < 4.78 is 10.8. The quantitative estimate of drug-likeness (QED) is 0.531. The van der Waals surface area contributed by atoms with E-state index in [-0.39, 0.29) is 5.91 Å². The third-order valence-electron chi connectivity index (χ3n) is 4.19. The molecule has 4 rings (SSSR count). The fourth-order valence-electron chi connectivity index (χ4n) is 2.87. The number of benzene rings is 2. The average molecular weight is 380 g/mol. The molecule has 1 aliphatic heterocycles. The summed E-state index contributed by atoms with van der Waals surface area (Å²) in [4.78, 5) is 25.0. The van der Waals surface area contributed by atoms with Crippen LogP contribution in [0.3, 0.4) is 0 Å². The second-order valence-corrected chi connectivity index (χ2v) is 6.82. The van der Waals surface area contributed by atoms with Gasteiger partial charge in [-0.3, -0.25) is 4.79 Å². The predicted octanol–water partition coefficient (Wildman–Crippen LogP) is 3.83. The number of ether oxygens (including phenoxy) is 2. The van der Waals surface area contributed by atoms with Crippen molar-refractivity contribution >= 4 is 28.9 Å². The number of thiophene rings is 1. The van der Waals surface area contributed by atoms with Crippen LogP contribution in [0.1, 0.15) is 31.8 Å². The van der Waals surface area contributed by atoms with Crippen molar-refractivity contribution in [2.24, 2.45) is 0 Å². The molecule has 1 aromatic heterocycles. The minimum Gasteiger partial charge on any atom is -0.493 e. The van der Waals surface area contributed by atoms with E-state index >= 15 is 0 Å². The summed E-state index contributed by atoms with van der Waals surface area (Å²) in [6.07, 6.45) is -0.414. The standard InChI is InChI=1S/C20H16N2O4S/c1-25-16-11-12(8-9-15(16)26-20(24)17-7-4-10-27-17)18-21-14-6-3-2-5-13(14)19(23)22-18/h2-11,18,21H,1H3,(H,22,23)/t18-/m1/s1. The van der Waals surface area contributed by atoms with Crippen molar-refractivity contribution in [1.29, 1.82) is 0 Å². The molecule has 7 heteroatoms. The van der Waals surface area contributed by atoms with E-state index in [1.165, 1.54) is 18.4 Å². The Kier molecular flexibility index (Phi) is 4.52. The van der Waals surface area contributed by atoms with Crippen molar-refractivity contribution < 1.29 is 19.1 Å². The van der Waals surface area contributed by atoms with Gasteiger partial charge in [0.2, 0.25) is 0 Å². The lowest BCUT2D eigenvalue weighted by molar-refractivity contribution is 0.0734. The van der Waals surface area contributed by atoms with Gasteiger partial charge in [-0.25, -0.2) is 4.79 Å². The van der Waals surface area contributed by atoms with Crippen molar-refractivity contribution in [3.8, 4) is 11.5 Å². The van der Waals surface area contributed by atoms with Crippen LogP contribution in [0.2, 0.25) is 0 Å². The maximum absolute atomic E-state index is 12.3. The van der Waals surface area contributed by atoms with E-state index in [9.17, 15) is 9.59 Å². The lowest BCUT2D eigenvalue weighted by Gasteiger charge is -2.28. The molecule has 2 N–H and O–H groups in total. The second kappa shape index (κ2) is 7.13. The van der Waals surface area contributed by atoms with Gasteiger partial charge in [0.15, 0.2) is 11.5 Å². The minimum absolute atomic E-state index is 0.151. The number of amides is 1. The van der Waals surface area contributed by atoms with Crippen LogP contribution in [0, 0.1) is 0 Å². The lowest BCUT2D eigenvalue weighted by atomic mass is 10.1. The summed E-state index contributed by atoms with van der Waals surface area (Å²) in [5.74, 6) is 0.144. The highest BCUT2D eigenvalue weighted by atomic mass is 32.1. The van der Waals surface area contributed by atoms with Gasteiger partial charge in [0.25, 0.3) is 5.91 Å². The predicted molar refractivity (Wildman–Crippen MR) is 103 cm³/mol. The molecule has 1 amide bonds. The number of fused-ring (bicyclic) bond motifs is 1. The summed E-state index contributed by atoms with van der Waals surface area (Å²) in [5.41, 5.74) is 2.14. The molecule has 1 atom stereocenters. The Bertz CT molecular complexity index is 1000. The van der Waals surface area contributed by atoms with Gasteiger partial charge in [0, 0.05) is 5.69 Å². The number of methoxy groups -OCH3 is 1. The van der Waals surface area contributed by atoms with Crippen molar-refractivity contribution in [3.05, 3.63) is 76.0 Å². The Balaban J connectivity index is 1.58. The van der Waals surface area contributed by atoms with E-state index in [0.29, 0.717) is 21.9 Å². The number of anilines is 1. The summed E-state index contributed by atoms with van der Waals surface area (Å²) >= 11 is 1.31. The SMILES string of the molecule is COc1cc([C@H]2NC(=O)c3ccccc3N2)ccc1OC(=O)c1cccs1. The number of para-hydroxylation sites is 1. The number of esters is 1. The van der Waals surface area contributed by atoms with Crippen molar-refractivity contribution in [2.75, 3.05) is 12.4 Å².